The van der Waals surface area contributed by atoms with Gasteiger partial charge in [0.15, 0.2) is 6.61 Å². The van der Waals surface area contributed by atoms with E-state index in [1.165, 1.54) is 31.4 Å². The van der Waals surface area contributed by atoms with Crippen LogP contribution in [-0.4, -0.2) is 42.7 Å². The molecule has 1 unspecified atom stereocenters. The summed E-state index contributed by atoms with van der Waals surface area (Å²) in [6.45, 7) is -0.286. The molecule has 4 rings (SSSR count). The van der Waals surface area contributed by atoms with Gasteiger partial charge in [-0.1, -0.05) is 42.5 Å². The Morgan fingerprint density at radius 2 is 1.71 bits per heavy atom. The van der Waals surface area contributed by atoms with Crippen molar-refractivity contribution in [2.24, 2.45) is 0 Å². The third-order valence-electron chi connectivity index (χ3n) is 6.18. The number of fused-ring (bicyclic) bond motifs is 1. The van der Waals surface area contributed by atoms with Crippen molar-refractivity contribution in [1.82, 2.24) is 0 Å². The van der Waals surface area contributed by atoms with E-state index < -0.39 is 35.6 Å². The molecule has 0 aliphatic carbocycles. The summed E-state index contributed by atoms with van der Waals surface area (Å²) >= 11 is 0. The van der Waals surface area contributed by atoms with Crippen molar-refractivity contribution in [2.45, 2.75) is 18.7 Å². The summed E-state index contributed by atoms with van der Waals surface area (Å²) in [6, 6.07) is 16.1. The van der Waals surface area contributed by atoms with Crippen LogP contribution in [0.4, 0.5) is 24.5 Å². The van der Waals surface area contributed by atoms with E-state index in [2.05, 4.69) is 15.4 Å². The third kappa shape index (κ3) is 7.40. The average molecular weight is 567 g/mol. The molecular weight excluding hydrogens is 541 g/mol. The molecule has 11 heteroatoms. The normalized spacial score (nSPS) is 15.2. The lowest BCUT2D eigenvalue weighted by Crippen LogP contribution is -2.34. The topological polar surface area (TPSA) is 114 Å². The first-order valence-corrected chi connectivity index (χ1v) is 12.3. The first-order chi connectivity index (χ1) is 19.5. The van der Waals surface area contributed by atoms with Gasteiger partial charge in [-0.25, -0.2) is 4.79 Å². The molecule has 0 radical (unpaired) electrons. The van der Waals surface area contributed by atoms with Crippen molar-refractivity contribution >= 4 is 34.7 Å². The fourth-order valence-corrected chi connectivity index (χ4v) is 4.08. The molecule has 0 saturated heterocycles. The Morgan fingerprint density at radius 3 is 2.34 bits per heavy atom. The lowest BCUT2D eigenvalue weighted by Gasteiger charge is -2.23. The molecule has 41 heavy (non-hydrogen) atoms. The van der Waals surface area contributed by atoms with Gasteiger partial charge in [0.05, 0.1) is 12.7 Å². The van der Waals surface area contributed by atoms with Crippen LogP contribution in [0.5, 0.6) is 5.75 Å². The van der Waals surface area contributed by atoms with Crippen molar-refractivity contribution < 1.29 is 42.1 Å². The van der Waals surface area contributed by atoms with Gasteiger partial charge in [-0.3, -0.25) is 9.59 Å². The number of esters is 1. The number of benzene rings is 3. The molecule has 0 bridgehead atoms. The van der Waals surface area contributed by atoms with E-state index in [4.69, 9.17) is 4.74 Å². The van der Waals surface area contributed by atoms with Crippen LogP contribution in [0.3, 0.4) is 0 Å². The maximum absolute atomic E-state index is 13.1. The molecule has 8 nitrogen and oxygen atoms in total. The monoisotopic (exact) mass is 566 g/mol. The zero-order chi connectivity index (χ0) is 29.6. The quantitative estimate of drug-likeness (QED) is 0.206. The molecule has 0 spiro atoms. The summed E-state index contributed by atoms with van der Waals surface area (Å²) in [4.78, 5) is 35.8. The lowest BCUT2D eigenvalue weighted by molar-refractivity contribution is -0.143. The number of carbonyl (C=O) groups excluding carboxylic acids is 3. The van der Waals surface area contributed by atoms with Gasteiger partial charge in [0.25, 0.3) is 5.91 Å². The van der Waals surface area contributed by atoms with E-state index in [1.54, 1.807) is 48.5 Å². The van der Waals surface area contributed by atoms with E-state index in [0.29, 0.717) is 39.4 Å². The van der Waals surface area contributed by atoms with Crippen molar-refractivity contribution in [3.63, 3.8) is 0 Å². The Hall–Kier alpha value is -4.90. The number of aliphatic hydroxyl groups excluding tert-OH is 1. The van der Waals surface area contributed by atoms with Gasteiger partial charge in [-0.15, -0.1) is 0 Å². The summed E-state index contributed by atoms with van der Waals surface area (Å²) < 4.78 is 49.2. The molecule has 3 aromatic rings. The number of rotatable bonds is 8. The number of carbonyl (C=O) groups is 3. The largest absolute Gasteiger partial charge is 0.482 e. The van der Waals surface area contributed by atoms with Crippen molar-refractivity contribution in [1.29, 1.82) is 0 Å². The predicted octanol–water partition coefficient (Wildman–Crippen LogP) is 4.74. The van der Waals surface area contributed by atoms with Gasteiger partial charge < -0.3 is 25.2 Å². The first-order valence-electron chi connectivity index (χ1n) is 12.3. The Balaban J connectivity index is 1.57. The molecule has 212 valence electrons. The number of alkyl halides is 3. The number of hydrogen-bond acceptors (Lipinski definition) is 6. The Morgan fingerprint density at radius 1 is 1.05 bits per heavy atom. The van der Waals surface area contributed by atoms with Gasteiger partial charge in [-0.2, -0.15) is 13.2 Å². The molecule has 0 aromatic heterocycles. The molecule has 1 aliphatic rings. The van der Waals surface area contributed by atoms with Gasteiger partial charge in [0.1, 0.15) is 11.9 Å². The minimum Gasteiger partial charge on any atom is -0.482 e. The van der Waals surface area contributed by atoms with Crippen LogP contribution >= 0.6 is 0 Å². The van der Waals surface area contributed by atoms with Gasteiger partial charge in [0.2, 0.25) is 5.91 Å². The number of allylic oxidation sites excluding steroid dienone is 2. The van der Waals surface area contributed by atoms with E-state index in [9.17, 15) is 32.7 Å². The van der Waals surface area contributed by atoms with E-state index in [-0.39, 0.29) is 13.0 Å². The lowest BCUT2D eigenvalue weighted by atomic mass is 9.96. The molecule has 3 aromatic carbocycles. The highest BCUT2D eigenvalue weighted by molar-refractivity contribution is 6.03. The standard InChI is InChI=1S/C30H25F3N2O6/c1-40-28(38)17-41-21-14-10-19(11-15-21)22(18-8-12-20(13-9-18)30(31,32)33)4-2-7-27(37)34-24-5-3-6-25-23(24)16-26(36)29(39)35-25/h2-15,26,36H,16-17H2,1H3,(H,34,37)(H,35,39)/b7-2+,22-4+. The highest BCUT2D eigenvalue weighted by Crippen LogP contribution is 2.32. The van der Waals surface area contributed by atoms with E-state index >= 15 is 0 Å². The van der Waals surface area contributed by atoms with Crippen molar-refractivity contribution in [3.05, 3.63) is 107 Å². The summed E-state index contributed by atoms with van der Waals surface area (Å²) in [6.07, 6.45) is -1.41. The summed E-state index contributed by atoms with van der Waals surface area (Å²) in [5.74, 6) is -1.20. The Bertz CT molecular complexity index is 1500. The number of amides is 2. The maximum atomic E-state index is 13.1. The molecule has 1 heterocycles. The number of methoxy groups -OCH3 is 1. The SMILES string of the molecule is COC(=O)COc1ccc(/C(=C/C=C/C(=O)Nc2cccc3c2CC(O)C(=O)N3)c2ccc(C(F)(F)F)cc2)cc1. The molecule has 0 fully saturated rings. The molecule has 1 atom stereocenters. The van der Waals surface area contributed by atoms with Crippen LogP contribution in [0.15, 0.2) is 85.0 Å². The highest BCUT2D eigenvalue weighted by atomic mass is 19.4. The number of aliphatic hydroxyl groups is 1. The molecule has 1 aliphatic heterocycles. The number of nitrogens with one attached hydrogen (secondary N) is 2. The molecular formula is C30H25F3N2O6. The predicted molar refractivity (Wildman–Crippen MR) is 145 cm³/mol. The van der Waals surface area contributed by atoms with Crippen LogP contribution in [0, 0.1) is 0 Å². The van der Waals surface area contributed by atoms with Gasteiger partial charge in [0, 0.05) is 29.4 Å². The van der Waals surface area contributed by atoms with Crippen LogP contribution < -0.4 is 15.4 Å². The second-order valence-corrected chi connectivity index (χ2v) is 8.93. The van der Waals surface area contributed by atoms with E-state index in [1.807, 2.05) is 0 Å². The fraction of sp³-hybridized carbons (Fsp3) is 0.167. The van der Waals surface area contributed by atoms with Crippen LogP contribution in [0.25, 0.3) is 5.57 Å². The second kappa shape index (κ2) is 12.5. The molecule has 0 saturated carbocycles. The summed E-state index contributed by atoms with van der Waals surface area (Å²) in [7, 11) is 1.24. The van der Waals surface area contributed by atoms with Crippen molar-refractivity contribution in [3.8, 4) is 5.75 Å². The first kappa shape index (κ1) is 29.1. The van der Waals surface area contributed by atoms with Gasteiger partial charge >= 0.3 is 12.1 Å². The summed E-state index contributed by atoms with van der Waals surface area (Å²) in [5.41, 5.74) is 2.29. The van der Waals surface area contributed by atoms with E-state index in [0.717, 1.165) is 12.1 Å². The minimum atomic E-state index is -4.49. The Kier molecular flexibility index (Phi) is 8.88. The number of halogens is 3. The number of ether oxygens (including phenoxy) is 2. The minimum absolute atomic E-state index is 0.0403. The zero-order valence-corrected chi connectivity index (χ0v) is 21.7. The van der Waals surface area contributed by atoms with Gasteiger partial charge in [-0.05, 0) is 53.1 Å². The Labute approximate surface area is 233 Å². The molecule has 3 N–H and O–H groups in total. The number of anilines is 2. The van der Waals surface area contributed by atoms with Crippen LogP contribution in [-0.2, 0) is 31.7 Å². The fourth-order valence-electron chi connectivity index (χ4n) is 4.08. The van der Waals surface area contributed by atoms with Crippen LogP contribution in [0.2, 0.25) is 0 Å². The third-order valence-corrected chi connectivity index (χ3v) is 6.18. The van der Waals surface area contributed by atoms with Crippen molar-refractivity contribution in [2.75, 3.05) is 24.4 Å². The zero-order valence-electron chi connectivity index (χ0n) is 21.7. The number of hydrogen-bond donors (Lipinski definition) is 3. The average Bonchev–Trinajstić information content (AvgIpc) is 2.95. The maximum Gasteiger partial charge on any atom is 0.416 e. The smallest absolute Gasteiger partial charge is 0.416 e. The second-order valence-electron chi connectivity index (χ2n) is 8.93. The summed E-state index contributed by atoms with van der Waals surface area (Å²) in [5, 5.41) is 15.2. The molecule has 2 amide bonds. The highest BCUT2D eigenvalue weighted by Gasteiger charge is 2.30. The van der Waals surface area contributed by atoms with Crippen LogP contribution in [0.1, 0.15) is 22.3 Å².